The van der Waals surface area contributed by atoms with Crippen molar-refractivity contribution < 1.29 is 4.39 Å². The minimum Gasteiger partial charge on any atom is -0.347 e. The molecule has 0 amide bonds. The SMILES string of the molecule is Fc1cnc(NCc2ncn[nH]2)nc1. The Balaban J connectivity index is 1.95. The number of halogens is 1. The maximum Gasteiger partial charge on any atom is 0.223 e. The van der Waals surface area contributed by atoms with Crippen molar-refractivity contribution in [2.45, 2.75) is 6.54 Å². The molecule has 2 N–H and O–H groups in total. The van der Waals surface area contributed by atoms with Gasteiger partial charge in [0.1, 0.15) is 12.2 Å². The smallest absolute Gasteiger partial charge is 0.223 e. The van der Waals surface area contributed by atoms with Gasteiger partial charge < -0.3 is 5.32 Å². The largest absolute Gasteiger partial charge is 0.347 e. The second-order valence-electron chi connectivity index (χ2n) is 2.51. The topological polar surface area (TPSA) is 79.4 Å². The van der Waals surface area contributed by atoms with Crippen LogP contribution in [-0.4, -0.2) is 25.1 Å². The first-order valence-electron chi connectivity index (χ1n) is 3.90. The molecule has 0 fully saturated rings. The van der Waals surface area contributed by atoms with Crippen molar-refractivity contribution in [3.8, 4) is 0 Å². The van der Waals surface area contributed by atoms with E-state index in [2.05, 4.69) is 30.5 Å². The van der Waals surface area contributed by atoms with Crippen molar-refractivity contribution in [2.24, 2.45) is 0 Å². The summed E-state index contributed by atoms with van der Waals surface area (Å²) in [5.41, 5.74) is 0. The lowest BCUT2D eigenvalue weighted by molar-refractivity contribution is 0.614. The Morgan fingerprint density at radius 1 is 1.29 bits per heavy atom. The zero-order valence-electron chi connectivity index (χ0n) is 7.11. The molecule has 0 unspecified atom stereocenters. The third-order valence-electron chi connectivity index (χ3n) is 1.50. The first-order chi connectivity index (χ1) is 6.84. The van der Waals surface area contributed by atoms with Crippen LogP contribution in [0.25, 0.3) is 0 Å². The van der Waals surface area contributed by atoms with E-state index in [-0.39, 0.29) is 0 Å². The molecule has 0 aliphatic heterocycles. The molecular weight excluding hydrogens is 187 g/mol. The molecule has 0 aromatic carbocycles. The Morgan fingerprint density at radius 3 is 2.71 bits per heavy atom. The second kappa shape index (κ2) is 3.77. The quantitative estimate of drug-likeness (QED) is 0.736. The molecule has 7 heteroatoms. The van der Waals surface area contributed by atoms with Gasteiger partial charge in [0.05, 0.1) is 18.9 Å². The molecule has 2 aromatic heterocycles. The molecule has 0 atom stereocenters. The van der Waals surface area contributed by atoms with Gasteiger partial charge in [-0.15, -0.1) is 0 Å². The third-order valence-corrected chi connectivity index (χ3v) is 1.50. The van der Waals surface area contributed by atoms with Crippen molar-refractivity contribution in [1.29, 1.82) is 0 Å². The van der Waals surface area contributed by atoms with Gasteiger partial charge in [-0.1, -0.05) is 0 Å². The maximum atomic E-state index is 12.4. The minimum atomic E-state index is -0.463. The molecule has 0 spiro atoms. The third kappa shape index (κ3) is 2.00. The van der Waals surface area contributed by atoms with Crippen molar-refractivity contribution in [3.05, 3.63) is 30.4 Å². The lowest BCUT2D eigenvalue weighted by atomic mass is 10.6. The molecule has 2 aromatic rings. The Kier molecular flexibility index (Phi) is 2.30. The minimum absolute atomic E-state index is 0.350. The first kappa shape index (κ1) is 8.54. The van der Waals surface area contributed by atoms with Crippen LogP contribution in [0, 0.1) is 5.82 Å². The van der Waals surface area contributed by atoms with Crippen LogP contribution < -0.4 is 5.32 Å². The van der Waals surface area contributed by atoms with Gasteiger partial charge in [-0.05, 0) is 0 Å². The van der Waals surface area contributed by atoms with Crippen LogP contribution in [0.4, 0.5) is 10.3 Å². The zero-order valence-corrected chi connectivity index (χ0v) is 7.11. The number of anilines is 1. The van der Waals surface area contributed by atoms with Crippen molar-refractivity contribution in [1.82, 2.24) is 25.1 Å². The number of hydrogen-bond donors (Lipinski definition) is 2. The summed E-state index contributed by atoms with van der Waals surface area (Å²) in [4.78, 5) is 11.3. The molecule has 0 aliphatic carbocycles. The van der Waals surface area contributed by atoms with Crippen molar-refractivity contribution >= 4 is 5.95 Å². The van der Waals surface area contributed by atoms with Gasteiger partial charge in [-0.3, -0.25) is 5.10 Å². The van der Waals surface area contributed by atoms with Crippen molar-refractivity contribution in [2.75, 3.05) is 5.32 Å². The van der Waals surface area contributed by atoms with E-state index in [1.54, 1.807) is 0 Å². The van der Waals surface area contributed by atoms with Gasteiger partial charge in [-0.25, -0.2) is 19.3 Å². The van der Waals surface area contributed by atoms with Gasteiger partial charge in [0.2, 0.25) is 5.95 Å². The summed E-state index contributed by atoms with van der Waals surface area (Å²) in [6.45, 7) is 0.422. The molecular formula is C7H7FN6. The first-order valence-corrected chi connectivity index (χ1v) is 3.90. The predicted molar refractivity (Wildman–Crippen MR) is 45.7 cm³/mol. The normalized spacial score (nSPS) is 10.1. The van der Waals surface area contributed by atoms with Gasteiger partial charge >= 0.3 is 0 Å². The molecule has 0 bridgehead atoms. The van der Waals surface area contributed by atoms with Crippen LogP contribution in [0.2, 0.25) is 0 Å². The monoisotopic (exact) mass is 194 g/mol. The second-order valence-corrected chi connectivity index (χ2v) is 2.51. The number of nitrogens with zero attached hydrogens (tertiary/aromatic N) is 4. The molecule has 72 valence electrons. The molecule has 0 saturated heterocycles. The lowest BCUT2D eigenvalue weighted by Crippen LogP contribution is -2.04. The van der Waals surface area contributed by atoms with Crippen LogP contribution in [0.1, 0.15) is 5.82 Å². The summed E-state index contributed by atoms with van der Waals surface area (Å²) >= 11 is 0. The number of nitrogens with one attached hydrogen (secondary N) is 2. The number of H-pyrrole nitrogens is 1. The summed E-state index contributed by atoms with van der Waals surface area (Å²) in [6, 6.07) is 0. The van der Waals surface area contributed by atoms with Gasteiger partial charge in [-0.2, -0.15) is 5.10 Å². The van der Waals surface area contributed by atoms with Crippen LogP contribution in [0.5, 0.6) is 0 Å². The van der Waals surface area contributed by atoms with E-state index in [4.69, 9.17) is 0 Å². The van der Waals surface area contributed by atoms with E-state index in [1.165, 1.54) is 6.33 Å². The van der Waals surface area contributed by atoms with Crippen LogP contribution in [-0.2, 0) is 6.54 Å². The highest BCUT2D eigenvalue weighted by atomic mass is 19.1. The Hall–Kier alpha value is -2.05. The molecule has 0 saturated carbocycles. The average Bonchev–Trinajstić information content (AvgIpc) is 2.70. The Bertz CT molecular complexity index is 383. The van der Waals surface area contributed by atoms with E-state index in [0.29, 0.717) is 18.3 Å². The molecule has 14 heavy (non-hydrogen) atoms. The van der Waals surface area contributed by atoms with Gasteiger partial charge in [0.15, 0.2) is 5.82 Å². The summed E-state index contributed by atoms with van der Waals surface area (Å²) in [7, 11) is 0. The summed E-state index contributed by atoms with van der Waals surface area (Å²) in [5, 5.41) is 9.19. The lowest BCUT2D eigenvalue weighted by Gasteiger charge is -2.00. The standard InChI is InChI=1S/C7H7FN6/c8-5-1-9-7(10-2-5)11-3-6-12-4-13-14-6/h1-2,4H,3H2,(H,9,10,11)(H,12,13,14). The predicted octanol–water partition coefficient (Wildman–Crippen LogP) is 0.346. The fourth-order valence-corrected chi connectivity index (χ4v) is 0.882. The Morgan fingerprint density at radius 2 is 2.07 bits per heavy atom. The van der Waals surface area contributed by atoms with Crippen LogP contribution in [0.15, 0.2) is 18.7 Å². The van der Waals surface area contributed by atoms with E-state index >= 15 is 0 Å². The molecule has 0 aliphatic rings. The molecule has 2 heterocycles. The number of hydrogen-bond acceptors (Lipinski definition) is 5. The fraction of sp³-hybridized carbons (Fsp3) is 0.143. The highest BCUT2D eigenvalue weighted by Gasteiger charge is 1.98. The van der Waals surface area contributed by atoms with Gasteiger partial charge in [0, 0.05) is 0 Å². The molecule has 2 rings (SSSR count). The molecule has 6 nitrogen and oxygen atoms in total. The van der Waals surface area contributed by atoms with Crippen LogP contribution >= 0.6 is 0 Å². The molecule has 0 radical (unpaired) electrons. The van der Waals surface area contributed by atoms with Crippen molar-refractivity contribution in [3.63, 3.8) is 0 Å². The number of aromatic nitrogens is 5. The van der Waals surface area contributed by atoms with Crippen LogP contribution in [0.3, 0.4) is 0 Å². The fourth-order valence-electron chi connectivity index (χ4n) is 0.882. The summed E-state index contributed by atoms with van der Waals surface area (Å²) < 4.78 is 12.4. The number of rotatable bonds is 3. The Labute approximate surface area is 78.6 Å². The van der Waals surface area contributed by atoms with E-state index < -0.39 is 5.82 Å². The van der Waals surface area contributed by atoms with E-state index in [1.807, 2.05) is 0 Å². The average molecular weight is 194 g/mol. The van der Waals surface area contributed by atoms with Gasteiger partial charge in [0.25, 0.3) is 0 Å². The summed E-state index contributed by atoms with van der Waals surface area (Å²) in [5.74, 6) is 0.552. The summed E-state index contributed by atoms with van der Waals surface area (Å²) in [6.07, 6.45) is 3.59. The maximum absolute atomic E-state index is 12.4. The number of aromatic amines is 1. The van der Waals surface area contributed by atoms with E-state index in [9.17, 15) is 4.39 Å². The zero-order chi connectivity index (χ0) is 9.80. The highest BCUT2D eigenvalue weighted by molar-refractivity contribution is 5.22. The van der Waals surface area contributed by atoms with E-state index in [0.717, 1.165) is 12.4 Å². The highest BCUT2D eigenvalue weighted by Crippen LogP contribution is 1.99.